The average Bonchev–Trinajstić information content (AvgIpc) is 2.47. The van der Waals surface area contributed by atoms with Crippen molar-refractivity contribution in [2.24, 2.45) is 0 Å². The third-order valence-corrected chi connectivity index (χ3v) is 3.53. The van der Waals surface area contributed by atoms with Crippen LogP contribution in [0, 0.1) is 5.82 Å². The van der Waals surface area contributed by atoms with Crippen molar-refractivity contribution in [2.45, 2.75) is 19.9 Å². The Morgan fingerprint density at radius 1 is 1.19 bits per heavy atom. The first-order chi connectivity index (χ1) is 10.2. The number of hydrogen-bond donors (Lipinski definition) is 1. The van der Waals surface area contributed by atoms with E-state index >= 15 is 0 Å². The van der Waals surface area contributed by atoms with Gasteiger partial charge in [-0.2, -0.15) is 0 Å². The highest BCUT2D eigenvalue weighted by molar-refractivity contribution is 6.31. The molecule has 0 saturated carbocycles. The van der Waals surface area contributed by atoms with Gasteiger partial charge in [0.05, 0.1) is 12.6 Å². The quantitative estimate of drug-likeness (QED) is 0.843. The molecule has 2 rings (SSSR count). The number of ether oxygens (including phenoxy) is 1. The Balaban J connectivity index is 2.46. The van der Waals surface area contributed by atoms with Crippen LogP contribution in [-0.4, -0.2) is 13.2 Å². The van der Waals surface area contributed by atoms with Crippen molar-refractivity contribution in [1.82, 2.24) is 5.32 Å². The van der Waals surface area contributed by atoms with Crippen molar-refractivity contribution in [2.75, 3.05) is 13.2 Å². The van der Waals surface area contributed by atoms with Gasteiger partial charge in [-0.15, -0.1) is 0 Å². The zero-order valence-corrected chi connectivity index (χ0v) is 13.0. The van der Waals surface area contributed by atoms with Crippen LogP contribution in [0.25, 0.3) is 0 Å². The molecule has 21 heavy (non-hydrogen) atoms. The van der Waals surface area contributed by atoms with Gasteiger partial charge in [0.2, 0.25) is 0 Å². The molecule has 0 aliphatic heterocycles. The van der Waals surface area contributed by atoms with Crippen molar-refractivity contribution in [3.63, 3.8) is 0 Å². The summed E-state index contributed by atoms with van der Waals surface area (Å²) in [6, 6.07) is 12.1. The lowest BCUT2D eigenvalue weighted by atomic mass is 9.97. The molecule has 2 aromatic rings. The SMILES string of the molecule is CCNC(c1cccc(OCC)c1)c1c(F)cccc1Cl. The van der Waals surface area contributed by atoms with Gasteiger partial charge in [0.25, 0.3) is 0 Å². The van der Waals surface area contributed by atoms with Gasteiger partial charge >= 0.3 is 0 Å². The van der Waals surface area contributed by atoms with E-state index in [1.54, 1.807) is 12.1 Å². The third-order valence-electron chi connectivity index (χ3n) is 3.20. The number of rotatable bonds is 6. The minimum atomic E-state index is -0.310. The van der Waals surface area contributed by atoms with Gasteiger partial charge in [0.15, 0.2) is 0 Å². The molecule has 0 spiro atoms. The summed E-state index contributed by atoms with van der Waals surface area (Å²) in [4.78, 5) is 0. The van der Waals surface area contributed by atoms with Crippen LogP contribution in [-0.2, 0) is 0 Å². The van der Waals surface area contributed by atoms with Crippen molar-refractivity contribution < 1.29 is 9.13 Å². The predicted octanol–water partition coefficient (Wildman–Crippen LogP) is 4.58. The van der Waals surface area contributed by atoms with E-state index in [1.165, 1.54) is 6.07 Å². The van der Waals surface area contributed by atoms with Crippen LogP contribution in [0.5, 0.6) is 5.75 Å². The lowest BCUT2D eigenvalue weighted by molar-refractivity contribution is 0.339. The van der Waals surface area contributed by atoms with Crippen molar-refractivity contribution in [3.8, 4) is 5.75 Å². The van der Waals surface area contributed by atoms with E-state index in [0.717, 1.165) is 11.3 Å². The second-order valence-corrected chi connectivity index (χ2v) is 5.04. The Morgan fingerprint density at radius 2 is 1.95 bits per heavy atom. The lowest BCUT2D eigenvalue weighted by Crippen LogP contribution is -2.23. The zero-order chi connectivity index (χ0) is 15.2. The molecule has 0 bridgehead atoms. The minimum absolute atomic E-state index is 0.302. The summed E-state index contributed by atoms with van der Waals surface area (Å²) in [5.41, 5.74) is 1.39. The Kier molecular flexibility index (Phi) is 5.59. The molecule has 0 aliphatic rings. The highest BCUT2D eigenvalue weighted by Gasteiger charge is 2.20. The summed E-state index contributed by atoms with van der Waals surface area (Å²) in [6.07, 6.45) is 0. The van der Waals surface area contributed by atoms with Crippen LogP contribution in [0.2, 0.25) is 5.02 Å². The largest absolute Gasteiger partial charge is 0.494 e. The molecular weight excluding hydrogens is 289 g/mol. The fourth-order valence-electron chi connectivity index (χ4n) is 2.33. The minimum Gasteiger partial charge on any atom is -0.494 e. The van der Waals surface area contributed by atoms with E-state index in [2.05, 4.69) is 5.32 Å². The van der Waals surface area contributed by atoms with E-state index in [-0.39, 0.29) is 11.9 Å². The molecule has 0 fully saturated rings. The normalized spacial score (nSPS) is 12.2. The molecule has 0 amide bonds. The summed E-state index contributed by atoms with van der Waals surface area (Å²) in [7, 11) is 0. The first-order valence-electron chi connectivity index (χ1n) is 7.07. The second kappa shape index (κ2) is 7.43. The number of hydrogen-bond acceptors (Lipinski definition) is 2. The standard InChI is InChI=1S/C17H19ClFNO/c1-3-20-17(16-14(18)9-6-10-15(16)19)12-7-5-8-13(11-12)21-4-2/h5-11,17,20H,3-4H2,1-2H3. The van der Waals surface area contributed by atoms with Gasteiger partial charge in [-0.3, -0.25) is 0 Å². The molecule has 0 radical (unpaired) electrons. The predicted molar refractivity (Wildman–Crippen MR) is 84.5 cm³/mol. The monoisotopic (exact) mass is 307 g/mol. The third kappa shape index (κ3) is 3.74. The topological polar surface area (TPSA) is 21.3 Å². The summed E-state index contributed by atoms with van der Waals surface area (Å²) < 4.78 is 19.7. The van der Waals surface area contributed by atoms with E-state index in [0.29, 0.717) is 23.7 Å². The van der Waals surface area contributed by atoms with E-state index < -0.39 is 0 Å². The molecule has 0 saturated heterocycles. The molecule has 2 aromatic carbocycles. The summed E-state index contributed by atoms with van der Waals surface area (Å²) in [5.74, 6) is 0.459. The van der Waals surface area contributed by atoms with Crippen LogP contribution < -0.4 is 10.1 Å². The fraction of sp³-hybridized carbons (Fsp3) is 0.294. The fourth-order valence-corrected chi connectivity index (χ4v) is 2.60. The zero-order valence-electron chi connectivity index (χ0n) is 12.2. The number of halogens is 2. The van der Waals surface area contributed by atoms with E-state index in [9.17, 15) is 4.39 Å². The van der Waals surface area contributed by atoms with Crippen molar-refractivity contribution >= 4 is 11.6 Å². The molecule has 1 unspecified atom stereocenters. The maximum atomic E-state index is 14.2. The van der Waals surface area contributed by atoms with Crippen LogP contribution >= 0.6 is 11.6 Å². The highest BCUT2D eigenvalue weighted by atomic mass is 35.5. The number of benzene rings is 2. The smallest absolute Gasteiger partial charge is 0.129 e. The van der Waals surface area contributed by atoms with Crippen molar-refractivity contribution in [3.05, 3.63) is 64.4 Å². The second-order valence-electron chi connectivity index (χ2n) is 4.63. The Bertz CT molecular complexity index is 583. The molecule has 0 aromatic heterocycles. The van der Waals surface area contributed by atoms with Gasteiger partial charge in [-0.1, -0.05) is 36.7 Å². The van der Waals surface area contributed by atoms with Gasteiger partial charge < -0.3 is 10.1 Å². The molecule has 112 valence electrons. The number of nitrogens with one attached hydrogen (secondary N) is 1. The molecule has 0 aliphatic carbocycles. The molecule has 2 nitrogen and oxygen atoms in total. The van der Waals surface area contributed by atoms with Crippen LogP contribution in [0.15, 0.2) is 42.5 Å². The molecule has 0 heterocycles. The Labute approximate surface area is 129 Å². The van der Waals surface area contributed by atoms with Gasteiger partial charge in [-0.25, -0.2) is 4.39 Å². The summed E-state index contributed by atoms with van der Waals surface area (Å²) >= 11 is 6.20. The van der Waals surface area contributed by atoms with Crippen molar-refractivity contribution in [1.29, 1.82) is 0 Å². The van der Waals surface area contributed by atoms with Gasteiger partial charge in [0.1, 0.15) is 11.6 Å². The first-order valence-corrected chi connectivity index (χ1v) is 7.45. The maximum absolute atomic E-state index is 14.2. The first kappa shape index (κ1) is 15.8. The molecule has 4 heteroatoms. The van der Waals surface area contributed by atoms with Gasteiger partial charge in [-0.05, 0) is 43.3 Å². The van der Waals surface area contributed by atoms with E-state index in [4.69, 9.17) is 16.3 Å². The van der Waals surface area contributed by atoms with Crippen LogP contribution in [0.3, 0.4) is 0 Å². The summed E-state index contributed by atoms with van der Waals surface area (Å²) in [6.45, 7) is 5.21. The molecule has 1 atom stereocenters. The van der Waals surface area contributed by atoms with Crippen LogP contribution in [0.4, 0.5) is 4.39 Å². The Morgan fingerprint density at radius 3 is 2.62 bits per heavy atom. The summed E-state index contributed by atoms with van der Waals surface area (Å²) in [5, 5.41) is 3.71. The Hall–Kier alpha value is -1.58. The lowest BCUT2D eigenvalue weighted by Gasteiger charge is -2.21. The van der Waals surface area contributed by atoms with Crippen LogP contribution in [0.1, 0.15) is 31.0 Å². The highest BCUT2D eigenvalue weighted by Crippen LogP contribution is 2.32. The maximum Gasteiger partial charge on any atom is 0.129 e. The molecule has 1 N–H and O–H groups in total. The van der Waals surface area contributed by atoms with Gasteiger partial charge in [0, 0.05) is 10.6 Å². The molecular formula is C17H19ClFNO. The van der Waals surface area contributed by atoms with E-state index in [1.807, 2.05) is 38.1 Å². The average molecular weight is 308 g/mol.